The first-order chi connectivity index (χ1) is 7.78. The van der Waals surface area contributed by atoms with Crippen LogP contribution in [0.15, 0.2) is 22.9 Å². The Morgan fingerprint density at radius 2 is 2.19 bits per heavy atom. The van der Waals surface area contributed by atoms with Crippen molar-refractivity contribution in [3.63, 3.8) is 0 Å². The molecule has 0 unspecified atom stereocenters. The third-order valence-electron chi connectivity index (χ3n) is 2.94. The minimum atomic E-state index is 0.261. The Labute approximate surface area is 104 Å². The van der Waals surface area contributed by atoms with Crippen LogP contribution in [-0.2, 0) is 6.54 Å². The number of nitrogens with zero attached hydrogens (tertiary/aromatic N) is 3. The van der Waals surface area contributed by atoms with Gasteiger partial charge >= 0.3 is 0 Å². The van der Waals surface area contributed by atoms with Crippen LogP contribution in [-0.4, -0.2) is 23.0 Å². The van der Waals surface area contributed by atoms with E-state index in [1.54, 1.807) is 6.20 Å². The first-order valence-corrected chi connectivity index (χ1v) is 6.28. The molecule has 0 N–H and O–H groups in total. The Balaban J connectivity index is 1.90. The maximum atomic E-state index is 8.82. The lowest BCUT2D eigenvalue weighted by molar-refractivity contribution is 0.198. The minimum absolute atomic E-state index is 0.261. The molecule has 1 fully saturated rings. The van der Waals surface area contributed by atoms with Gasteiger partial charge in [0.1, 0.15) is 0 Å². The second-order valence-electron chi connectivity index (χ2n) is 4.19. The maximum absolute atomic E-state index is 8.82. The Bertz CT molecular complexity index is 391. The molecule has 2 heterocycles. The van der Waals surface area contributed by atoms with Crippen LogP contribution in [0.4, 0.5) is 0 Å². The number of hydrogen-bond donors (Lipinski definition) is 0. The molecule has 0 saturated carbocycles. The van der Waals surface area contributed by atoms with Gasteiger partial charge in [-0.15, -0.1) is 0 Å². The summed E-state index contributed by atoms with van der Waals surface area (Å²) in [4.78, 5) is 6.54. The van der Waals surface area contributed by atoms with Gasteiger partial charge in [0.05, 0.1) is 6.07 Å². The van der Waals surface area contributed by atoms with Crippen LogP contribution in [0.3, 0.4) is 0 Å². The van der Waals surface area contributed by atoms with Gasteiger partial charge in [0.2, 0.25) is 0 Å². The summed E-state index contributed by atoms with van der Waals surface area (Å²) < 4.78 is 1.02. The van der Waals surface area contributed by atoms with Gasteiger partial charge in [-0.05, 0) is 53.5 Å². The van der Waals surface area contributed by atoms with Crippen LogP contribution in [0.5, 0.6) is 0 Å². The zero-order chi connectivity index (χ0) is 11.4. The molecular formula is C12H14BrN3. The quantitative estimate of drug-likeness (QED) is 0.836. The van der Waals surface area contributed by atoms with Gasteiger partial charge in [-0.1, -0.05) is 0 Å². The molecular weight excluding hydrogens is 266 g/mol. The third kappa shape index (κ3) is 3.03. The van der Waals surface area contributed by atoms with Crippen LogP contribution in [0.2, 0.25) is 0 Å². The molecule has 4 heteroatoms. The molecule has 0 radical (unpaired) electrons. The van der Waals surface area contributed by atoms with Gasteiger partial charge < -0.3 is 0 Å². The lowest BCUT2D eigenvalue weighted by Gasteiger charge is -2.28. The van der Waals surface area contributed by atoms with Crippen molar-refractivity contribution in [2.24, 2.45) is 5.92 Å². The van der Waals surface area contributed by atoms with E-state index in [9.17, 15) is 0 Å². The topological polar surface area (TPSA) is 39.9 Å². The predicted octanol–water partition coefficient (Wildman–Crippen LogP) is 2.58. The fourth-order valence-electron chi connectivity index (χ4n) is 2.02. The lowest BCUT2D eigenvalue weighted by atomic mass is 9.98. The molecule has 1 saturated heterocycles. The second-order valence-corrected chi connectivity index (χ2v) is 5.11. The van der Waals surface area contributed by atoms with Crippen LogP contribution in [0, 0.1) is 17.2 Å². The van der Waals surface area contributed by atoms with Crippen molar-refractivity contribution in [3.05, 3.63) is 28.5 Å². The van der Waals surface area contributed by atoms with Crippen molar-refractivity contribution in [1.82, 2.24) is 9.88 Å². The summed E-state index contributed by atoms with van der Waals surface area (Å²) in [5, 5.41) is 8.82. The van der Waals surface area contributed by atoms with E-state index in [0.717, 1.165) is 36.9 Å². The molecule has 16 heavy (non-hydrogen) atoms. The average Bonchev–Trinajstić information content (AvgIpc) is 2.30. The first kappa shape index (κ1) is 11.6. The standard InChI is InChI=1S/C12H14BrN3/c13-12-5-11(7-15-8-12)9-16-3-1-10(6-14)2-4-16/h5,7-8,10H,1-4,9H2. The van der Waals surface area contributed by atoms with Crippen molar-refractivity contribution in [2.75, 3.05) is 13.1 Å². The van der Waals surface area contributed by atoms with E-state index >= 15 is 0 Å². The normalized spacial score (nSPS) is 18.2. The van der Waals surface area contributed by atoms with Crippen molar-refractivity contribution >= 4 is 15.9 Å². The van der Waals surface area contributed by atoms with E-state index in [2.05, 4.69) is 37.9 Å². The summed E-state index contributed by atoms with van der Waals surface area (Å²) in [5.41, 5.74) is 1.23. The van der Waals surface area contributed by atoms with Gasteiger partial charge in [-0.2, -0.15) is 5.26 Å². The maximum Gasteiger partial charge on any atom is 0.0656 e. The van der Waals surface area contributed by atoms with Crippen LogP contribution >= 0.6 is 15.9 Å². The monoisotopic (exact) mass is 279 g/mol. The predicted molar refractivity (Wildman–Crippen MR) is 65.6 cm³/mol. The van der Waals surface area contributed by atoms with E-state index in [4.69, 9.17) is 5.26 Å². The molecule has 3 nitrogen and oxygen atoms in total. The van der Waals surface area contributed by atoms with E-state index in [1.165, 1.54) is 5.56 Å². The molecule has 0 spiro atoms. The van der Waals surface area contributed by atoms with Crippen molar-refractivity contribution in [2.45, 2.75) is 19.4 Å². The zero-order valence-corrected chi connectivity index (χ0v) is 10.7. The van der Waals surface area contributed by atoms with Crippen molar-refractivity contribution in [3.8, 4) is 6.07 Å². The zero-order valence-electron chi connectivity index (χ0n) is 9.06. The largest absolute Gasteiger partial charge is 0.299 e. The van der Waals surface area contributed by atoms with Gasteiger partial charge in [0.15, 0.2) is 0 Å². The number of piperidine rings is 1. The third-order valence-corrected chi connectivity index (χ3v) is 3.37. The van der Waals surface area contributed by atoms with Gasteiger partial charge in [-0.3, -0.25) is 9.88 Å². The number of likely N-dealkylation sites (tertiary alicyclic amines) is 1. The summed E-state index contributed by atoms with van der Waals surface area (Å²) in [7, 11) is 0. The van der Waals surface area contributed by atoms with E-state index in [1.807, 2.05) is 6.20 Å². The minimum Gasteiger partial charge on any atom is -0.299 e. The highest BCUT2D eigenvalue weighted by Gasteiger charge is 2.18. The fraction of sp³-hybridized carbons (Fsp3) is 0.500. The van der Waals surface area contributed by atoms with Crippen LogP contribution in [0.1, 0.15) is 18.4 Å². The Kier molecular flexibility index (Phi) is 3.92. The molecule has 0 atom stereocenters. The van der Waals surface area contributed by atoms with Crippen LogP contribution in [0.25, 0.3) is 0 Å². The average molecular weight is 280 g/mol. The Hall–Kier alpha value is -0.920. The van der Waals surface area contributed by atoms with E-state index < -0.39 is 0 Å². The Morgan fingerprint density at radius 1 is 1.44 bits per heavy atom. The SMILES string of the molecule is N#CC1CCN(Cc2cncc(Br)c2)CC1. The smallest absolute Gasteiger partial charge is 0.0656 e. The highest BCUT2D eigenvalue weighted by molar-refractivity contribution is 9.10. The molecule has 1 aliphatic heterocycles. The summed E-state index contributed by atoms with van der Waals surface area (Å²) in [6.45, 7) is 2.97. The summed E-state index contributed by atoms with van der Waals surface area (Å²) >= 11 is 3.42. The van der Waals surface area contributed by atoms with Crippen molar-refractivity contribution in [1.29, 1.82) is 5.26 Å². The fourth-order valence-corrected chi connectivity index (χ4v) is 2.43. The first-order valence-electron chi connectivity index (χ1n) is 5.49. The number of rotatable bonds is 2. The molecule has 1 aromatic heterocycles. The van der Waals surface area contributed by atoms with Gasteiger partial charge in [-0.25, -0.2) is 0 Å². The highest BCUT2D eigenvalue weighted by Crippen LogP contribution is 2.18. The van der Waals surface area contributed by atoms with Gasteiger partial charge in [0.25, 0.3) is 0 Å². The van der Waals surface area contributed by atoms with E-state index in [0.29, 0.717) is 0 Å². The molecule has 0 aliphatic carbocycles. The molecule has 1 aliphatic rings. The molecule has 0 bridgehead atoms. The Morgan fingerprint density at radius 3 is 2.81 bits per heavy atom. The number of pyridine rings is 1. The summed E-state index contributed by atoms with van der Waals surface area (Å²) in [6.07, 6.45) is 5.70. The second kappa shape index (κ2) is 5.42. The number of halogens is 1. The molecule has 1 aromatic rings. The summed E-state index contributed by atoms with van der Waals surface area (Å²) in [6, 6.07) is 4.45. The molecule has 2 rings (SSSR count). The lowest BCUT2D eigenvalue weighted by Crippen LogP contribution is -2.32. The van der Waals surface area contributed by atoms with Crippen molar-refractivity contribution < 1.29 is 0 Å². The summed E-state index contributed by atoms with van der Waals surface area (Å²) in [5.74, 6) is 0.261. The molecule has 0 amide bonds. The number of hydrogen-bond acceptors (Lipinski definition) is 3. The molecule has 0 aromatic carbocycles. The number of aromatic nitrogens is 1. The highest BCUT2D eigenvalue weighted by atomic mass is 79.9. The molecule has 84 valence electrons. The number of nitriles is 1. The van der Waals surface area contributed by atoms with Gasteiger partial charge in [0, 0.05) is 29.3 Å². The van der Waals surface area contributed by atoms with E-state index in [-0.39, 0.29) is 5.92 Å². The van der Waals surface area contributed by atoms with Crippen LogP contribution < -0.4 is 0 Å².